The zero-order chi connectivity index (χ0) is 23.9. The molecule has 2 aliphatic rings. The van der Waals surface area contributed by atoms with Gasteiger partial charge < -0.3 is 14.5 Å². The second-order valence-electron chi connectivity index (χ2n) is 9.46. The van der Waals surface area contributed by atoms with Crippen LogP contribution < -0.4 is 5.32 Å². The molecule has 2 aliphatic carbocycles. The molecule has 1 N–H and O–H groups in total. The fourth-order valence-electron chi connectivity index (χ4n) is 4.86. The molecule has 9 heteroatoms. The highest BCUT2D eigenvalue weighted by atomic mass is 19.1. The number of amides is 1. The van der Waals surface area contributed by atoms with Crippen LogP contribution in [0, 0.1) is 12.7 Å². The fourth-order valence-corrected chi connectivity index (χ4v) is 4.86. The molecule has 3 aromatic heterocycles. The summed E-state index contributed by atoms with van der Waals surface area (Å²) >= 11 is 0. The highest BCUT2D eigenvalue weighted by Crippen LogP contribution is 2.39. The number of imidazole rings is 1. The first-order chi connectivity index (χ1) is 17.1. The second kappa shape index (κ2) is 8.72. The molecular formula is C26H26FN7O. The Hall–Kier alpha value is -3.88. The molecule has 178 valence electrons. The Morgan fingerprint density at radius 1 is 1.11 bits per heavy atom. The van der Waals surface area contributed by atoms with Crippen LogP contribution in [0.4, 0.5) is 10.2 Å². The van der Waals surface area contributed by atoms with E-state index >= 15 is 0 Å². The van der Waals surface area contributed by atoms with Gasteiger partial charge in [-0.2, -0.15) is 0 Å². The largest absolute Gasteiger partial charge is 0.309 e. The van der Waals surface area contributed by atoms with E-state index in [-0.39, 0.29) is 5.56 Å². The number of nitrogens with one attached hydrogen (secondary N) is 1. The summed E-state index contributed by atoms with van der Waals surface area (Å²) in [5, 5.41) is 11.1. The molecule has 35 heavy (non-hydrogen) atoms. The Balaban J connectivity index is 1.26. The Morgan fingerprint density at radius 2 is 1.94 bits per heavy atom. The minimum Gasteiger partial charge on any atom is -0.309 e. The number of aryl methyl sites for hydroxylation is 1. The van der Waals surface area contributed by atoms with Crippen molar-refractivity contribution in [3.8, 4) is 17.2 Å². The minimum atomic E-state index is -0.580. The van der Waals surface area contributed by atoms with Crippen molar-refractivity contribution in [1.29, 1.82) is 0 Å². The van der Waals surface area contributed by atoms with E-state index in [1.54, 1.807) is 30.9 Å². The molecule has 8 nitrogen and oxygen atoms in total. The van der Waals surface area contributed by atoms with Crippen molar-refractivity contribution in [2.24, 2.45) is 0 Å². The standard InChI is InChI=1S/C26H26FN7O/c1-16-11-20(27)19(12-23(16)33-13-22(28-14-33)17-9-10-17)26(35)31-24-8-4-7-21(30-24)25-32-29-15-34(25)18-5-2-3-6-18/h4,7-8,11-15,17-18H,2-3,5-6,9-10H2,1H3,(H,30,31,35). The molecule has 0 bridgehead atoms. The maximum Gasteiger partial charge on any atom is 0.259 e. The number of pyridine rings is 1. The van der Waals surface area contributed by atoms with Crippen molar-refractivity contribution < 1.29 is 9.18 Å². The van der Waals surface area contributed by atoms with Crippen molar-refractivity contribution in [3.63, 3.8) is 0 Å². The van der Waals surface area contributed by atoms with Gasteiger partial charge in [0.15, 0.2) is 5.82 Å². The number of nitrogens with zero attached hydrogens (tertiary/aromatic N) is 6. The molecule has 2 fully saturated rings. The van der Waals surface area contributed by atoms with Crippen LogP contribution in [0.5, 0.6) is 0 Å². The number of halogens is 1. The molecule has 3 heterocycles. The van der Waals surface area contributed by atoms with E-state index in [1.807, 2.05) is 23.8 Å². The van der Waals surface area contributed by atoms with Crippen LogP contribution in [-0.2, 0) is 0 Å². The first-order valence-corrected chi connectivity index (χ1v) is 12.1. The highest BCUT2D eigenvalue weighted by molar-refractivity contribution is 6.04. The molecule has 4 aromatic rings. The van der Waals surface area contributed by atoms with Gasteiger partial charge in [-0.15, -0.1) is 10.2 Å². The molecule has 0 saturated heterocycles. The fraction of sp³-hybridized carbons (Fsp3) is 0.346. The SMILES string of the molecule is Cc1cc(F)c(C(=O)Nc2cccc(-c3nncn3C3CCCC3)n2)cc1-n1cnc(C2CC2)c1. The topological polar surface area (TPSA) is 90.5 Å². The van der Waals surface area contributed by atoms with Gasteiger partial charge in [-0.05, 0) is 62.4 Å². The number of hydrogen-bond acceptors (Lipinski definition) is 5. The van der Waals surface area contributed by atoms with E-state index in [9.17, 15) is 9.18 Å². The molecule has 1 aromatic carbocycles. The maximum atomic E-state index is 14.8. The molecule has 2 saturated carbocycles. The minimum absolute atomic E-state index is 0.0476. The van der Waals surface area contributed by atoms with Crippen LogP contribution in [0.25, 0.3) is 17.2 Å². The Labute approximate surface area is 202 Å². The van der Waals surface area contributed by atoms with Gasteiger partial charge in [0, 0.05) is 18.2 Å². The van der Waals surface area contributed by atoms with E-state index in [0.29, 0.717) is 29.3 Å². The predicted octanol–water partition coefficient (Wildman–Crippen LogP) is 5.22. The van der Waals surface area contributed by atoms with Gasteiger partial charge in [-0.3, -0.25) is 4.79 Å². The first-order valence-electron chi connectivity index (χ1n) is 12.1. The van der Waals surface area contributed by atoms with Gasteiger partial charge in [0.05, 0.1) is 23.3 Å². The van der Waals surface area contributed by atoms with Crippen LogP contribution in [-0.4, -0.2) is 35.2 Å². The summed E-state index contributed by atoms with van der Waals surface area (Å²) < 4.78 is 18.8. The van der Waals surface area contributed by atoms with Crippen molar-refractivity contribution >= 4 is 11.7 Å². The molecule has 6 rings (SSSR count). The normalized spacial score (nSPS) is 16.1. The third-order valence-electron chi connectivity index (χ3n) is 6.92. The predicted molar refractivity (Wildman–Crippen MR) is 129 cm³/mol. The molecule has 0 aliphatic heterocycles. The van der Waals surface area contributed by atoms with Crippen molar-refractivity contribution in [3.05, 3.63) is 71.8 Å². The number of carbonyl (C=O) groups is 1. The summed E-state index contributed by atoms with van der Waals surface area (Å²) in [4.78, 5) is 22.1. The van der Waals surface area contributed by atoms with Gasteiger partial charge in [0.25, 0.3) is 5.91 Å². The van der Waals surface area contributed by atoms with E-state index in [4.69, 9.17) is 0 Å². The van der Waals surface area contributed by atoms with Gasteiger partial charge in [-0.25, -0.2) is 14.4 Å². The van der Waals surface area contributed by atoms with Gasteiger partial charge in [-0.1, -0.05) is 18.9 Å². The third-order valence-corrected chi connectivity index (χ3v) is 6.92. The highest BCUT2D eigenvalue weighted by Gasteiger charge is 2.26. The molecule has 0 spiro atoms. The third kappa shape index (κ3) is 4.22. The first kappa shape index (κ1) is 21.6. The molecule has 1 amide bonds. The van der Waals surface area contributed by atoms with Crippen molar-refractivity contribution in [2.75, 3.05) is 5.32 Å². The molecule has 0 atom stereocenters. The van der Waals surface area contributed by atoms with Crippen LogP contribution in [0.3, 0.4) is 0 Å². The number of aromatic nitrogens is 6. The monoisotopic (exact) mass is 471 g/mol. The van der Waals surface area contributed by atoms with Gasteiger partial charge in [0.1, 0.15) is 23.7 Å². The number of carbonyl (C=O) groups excluding carboxylic acids is 1. The summed E-state index contributed by atoms with van der Waals surface area (Å²) in [5.74, 6) is 0.367. The molecular weight excluding hydrogens is 445 g/mol. The number of benzene rings is 1. The van der Waals surface area contributed by atoms with Crippen LogP contribution in [0.2, 0.25) is 0 Å². The second-order valence-corrected chi connectivity index (χ2v) is 9.46. The summed E-state index contributed by atoms with van der Waals surface area (Å²) in [6.07, 6.45) is 12.3. The van der Waals surface area contributed by atoms with Gasteiger partial charge in [0.2, 0.25) is 0 Å². The number of anilines is 1. The Morgan fingerprint density at radius 3 is 2.74 bits per heavy atom. The van der Waals surface area contributed by atoms with E-state index < -0.39 is 11.7 Å². The molecule has 0 radical (unpaired) electrons. The van der Waals surface area contributed by atoms with Crippen molar-refractivity contribution in [1.82, 2.24) is 29.3 Å². The van der Waals surface area contributed by atoms with Crippen LogP contribution in [0.15, 0.2) is 49.2 Å². The number of hydrogen-bond donors (Lipinski definition) is 1. The lowest BCUT2D eigenvalue weighted by molar-refractivity contribution is 0.102. The van der Waals surface area contributed by atoms with E-state index in [1.165, 1.54) is 18.9 Å². The van der Waals surface area contributed by atoms with E-state index in [0.717, 1.165) is 42.6 Å². The average molecular weight is 472 g/mol. The Kier molecular flexibility index (Phi) is 5.39. The summed E-state index contributed by atoms with van der Waals surface area (Å²) in [6, 6.07) is 8.64. The Bertz CT molecular complexity index is 1400. The quantitative estimate of drug-likeness (QED) is 0.416. The zero-order valence-corrected chi connectivity index (χ0v) is 19.5. The molecule has 0 unspecified atom stereocenters. The average Bonchev–Trinajstić information content (AvgIpc) is 3.25. The summed E-state index contributed by atoms with van der Waals surface area (Å²) in [5.41, 5.74) is 3.05. The smallest absolute Gasteiger partial charge is 0.259 e. The summed E-state index contributed by atoms with van der Waals surface area (Å²) in [6.45, 7) is 1.82. The lowest BCUT2D eigenvalue weighted by Crippen LogP contribution is -2.16. The lowest BCUT2D eigenvalue weighted by Gasteiger charge is -2.14. The van der Waals surface area contributed by atoms with Gasteiger partial charge >= 0.3 is 0 Å². The van der Waals surface area contributed by atoms with E-state index in [2.05, 4.69) is 30.0 Å². The van der Waals surface area contributed by atoms with Crippen LogP contribution in [0.1, 0.15) is 72.1 Å². The lowest BCUT2D eigenvalue weighted by atomic mass is 10.1. The zero-order valence-electron chi connectivity index (χ0n) is 19.5. The summed E-state index contributed by atoms with van der Waals surface area (Å²) in [7, 11) is 0. The van der Waals surface area contributed by atoms with Crippen molar-refractivity contribution in [2.45, 2.75) is 57.4 Å². The van der Waals surface area contributed by atoms with Crippen LogP contribution >= 0.6 is 0 Å². The number of rotatable bonds is 6. The maximum absolute atomic E-state index is 14.8.